The van der Waals surface area contributed by atoms with E-state index in [1.54, 1.807) is 35.3 Å². The van der Waals surface area contributed by atoms with Gasteiger partial charge in [0.1, 0.15) is 0 Å². The summed E-state index contributed by atoms with van der Waals surface area (Å²) in [6, 6.07) is 15.2. The number of nitrogens with zero attached hydrogens (tertiary/aromatic N) is 4. The van der Waals surface area contributed by atoms with Crippen molar-refractivity contribution in [2.75, 3.05) is 13.2 Å². The first-order valence-corrected chi connectivity index (χ1v) is 7.58. The molecule has 0 unspecified atom stereocenters. The fraction of sp³-hybridized carbons (Fsp3) is 0.176. The zero-order valence-electron chi connectivity index (χ0n) is 13.0. The number of benzene rings is 1. The molecule has 0 saturated carbocycles. The SMILES string of the molecule is O=C(COc1ccc(-n2cccn2)nn1)NCCc1ccccc1. The van der Waals surface area contributed by atoms with Gasteiger partial charge in [-0.25, -0.2) is 4.68 Å². The molecule has 3 aromatic rings. The van der Waals surface area contributed by atoms with Crippen molar-refractivity contribution in [3.63, 3.8) is 0 Å². The van der Waals surface area contributed by atoms with Gasteiger partial charge in [-0.15, -0.1) is 10.2 Å². The van der Waals surface area contributed by atoms with Crippen LogP contribution < -0.4 is 10.1 Å². The summed E-state index contributed by atoms with van der Waals surface area (Å²) in [4.78, 5) is 11.8. The van der Waals surface area contributed by atoms with Gasteiger partial charge in [0.2, 0.25) is 5.88 Å². The first-order chi connectivity index (χ1) is 11.8. The number of ether oxygens (including phenoxy) is 1. The zero-order valence-corrected chi connectivity index (χ0v) is 13.0. The number of hydrogen-bond donors (Lipinski definition) is 1. The van der Waals surface area contributed by atoms with Crippen LogP contribution in [0.25, 0.3) is 5.82 Å². The number of hydrogen-bond acceptors (Lipinski definition) is 5. The molecule has 0 bridgehead atoms. The highest BCUT2D eigenvalue weighted by Crippen LogP contribution is 2.07. The van der Waals surface area contributed by atoms with E-state index in [1.807, 2.05) is 30.3 Å². The number of amides is 1. The van der Waals surface area contributed by atoms with Crippen molar-refractivity contribution in [3.05, 3.63) is 66.5 Å². The number of aromatic nitrogens is 4. The first kappa shape index (κ1) is 15.7. The lowest BCUT2D eigenvalue weighted by atomic mass is 10.1. The Bertz CT molecular complexity index is 757. The summed E-state index contributed by atoms with van der Waals surface area (Å²) in [7, 11) is 0. The van der Waals surface area contributed by atoms with Crippen molar-refractivity contribution in [2.24, 2.45) is 0 Å². The normalized spacial score (nSPS) is 10.3. The van der Waals surface area contributed by atoms with Crippen LogP contribution in [-0.4, -0.2) is 39.0 Å². The van der Waals surface area contributed by atoms with Crippen molar-refractivity contribution in [3.8, 4) is 11.7 Å². The van der Waals surface area contributed by atoms with E-state index in [9.17, 15) is 4.79 Å². The Hall–Kier alpha value is -3.22. The van der Waals surface area contributed by atoms with E-state index in [0.29, 0.717) is 18.2 Å². The van der Waals surface area contributed by atoms with Crippen molar-refractivity contribution in [2.45, 2.75) is 6.42 Å². The van der Waals surface area contributed by atoms with Crippen LogP contribution in [0.5, 0.6) is 5.88 Å². The van der Waals surface area contributed by atoms with Gasteiger partial charge >= 0.3 is 0 Å². The number of carbonyl (C=O) groups excluding carboxylic acids is 1. The molecule has 2 heterocycles. The molecule has 0 radical (unpaired) electrons. The van der Waals surface area contributed by atoms with E-state index in [2.05, 4.69) is 20.6 Å². The van der Waals surface area contributed by atoms with E-state index in [-0.39, 0.29) is 12.5 Å². The van der Waals surface area contributed by atoms with Crippen LogP contribution in [-0.2, 0) is 11.2 Å². The third kappa shape index (κ3) is 4.39. The second kappa shape index (κ2) is 7.87. The summed E-state index contributed by atoms with van der Waals surface area (Å²) in [6.45, 7) is 0.473. The Balaban J connectivity index is 1.41. The molecule has 2 aromatic heterocycles. The lowest BCUT2D eigenvalue weighted by Crippen LogP contribution is -2.30. The maximum Gasteiger partial charge on any atom is 0.258 e. The average Bonchev–Trinajstić information content (AvgIpc) is 3.16. The molecule has 0 spiro atoms. The molecule has 7 nitrogen and oxygen atoms in total. The third-order valence-corrected chi connectivity index (χ3v) is 3.29. The molecule has 0 aliphatic carbocycles. The van der Waals surface area contributed by atoms with Gasteiger partial charge in [-0.2, -0.15) is 5.10 Å². The molecular weight excluding hydrogens is 306 g/mol. The molecule has 24 heavy (non-hydrogen) atoms. The average molecular weight is 323 g/mol. The van der Waals surface area contributed by atoms with E-state index >= 15 is 0 Å². The van der Waals surface area contributed by atoms with Crippen LogP contribution >= 0.6 is 0 Å². The van der Waals surface area contributed by atoms with Gasteiger partial charge in [-0.3, -0.25) is 4.79 Å². The standard InChI is InChI=1S/C17H17N5O2/c23-16(18-11-9-14-5-2-1-3-6-14)13-24-17-8-7-15(20-21-17)22-12-4-10-19-22/h1-8,10,12H,9,11,13H2,(H,18,23). The summed E-state index contributed by atoms with van der Waals surface area (Å²) >= 11 is 0. The third-order valence-electron chi connectivity index (χ3n) is 3.29. The highest BCUT2D eigenvalue weighted by molar-refractivity contribution is 5.77. The second-order valence-electron chi connectivity index (χ2n) is 5.05. The van der Waals surface area contributed by atoms with E-state index in [0.717, 1.165) is 6.42 Å². The van der Waals surface area contributed by atoms with Gasteiger partial charge in [-0.05, 0) is 24.1 Å². The molecule has 0 atom stereocenters. The van der Waals surface area contributed by atoms with Gasteiger partial charge in [0, 0.05) is 25.0 Å². The van der Waals surface area contributed by atoms with E-state index in [4.69, 9.17) is 4.74 Å². The molecule has 7 heteroatoms. The minimum Gasteiger partial charge on any atom is -0.466 e. The molecule has 0 fully saturated rings. The Morgan fingerprint density at radius 1 is 1.08 bits per heavy atom. The fourth-order valence-electron chi connectivity index (χ4n) is 2.10. The van der Waals surface area contributed by atoms with Crippen molar-refractivity contribution in [1.29, 1.82) is 0 Å². The quantitative estimate of drug-likeness (QED) is 0.711. The van der Waals surface area contributed by atoms with Crippen LogP contribution in [0.2, 0.25) is 0 Å². The largest absolute Gasteiger partial charge is 0.466 e. The number of nitrogens with one attached hydrogen (secondary N) is 1. The van der Waals surface area contributed by atoms with Gasteiger partial charge < -0.3 is 10.1 Å². The maximum absolute atomic E-state index is 11.8. The molecule has 1 amide bonds. The predicted molar refractivity (Wildman–Crippen MR) is 87.8 cm³/mol. The van der Waals surface area contributed by atoms with Gasteiger partial charge in [0.25, 0.3) is 5.91 Å². The Morgan fingerprint density at radius 2 is 1.96 bits per heavy atom. The highest BCUT2D eigenvalue weighted by Gasteiger charge is 2.05. The summed E-state index contributed by atoms with van der Waals surface area (Å²) < 4.78 is 6.92. The highest BCUT2D eigenvalue weighted by atomic mass is 16.5. The summed E-state index contributed by atoms with van der Waals surface area (Å²) in [5, 5.41) is 14.8. The predicted octanol–water partition coefficient (Wildman–Crippen LogP) is 1.40. The minimum absolute atomic E-state index is 0.0927. The molecule has 0 aliphatic heterocycles. The van der Waals surface area contributed by atoms with E-state index < -0.39 is 0 Å². The summed E-state index contributed by atoms with van der Waals surface area (Å²) in [5.41, 5.74) is 1.18. The molecule has 0 aliphatic rings. The monoisotopic (exact) mass is 323 g/mol. The Morgan fingerprint density at radius 3 is 2.67 bits per heavy atom. The zero-order chi connectivity index (χ0) is 16.6. The van der Waals surface area contributed by atoms with Crippen molar-refractivity contribution >= 4 is 5.91 Å². The topological polar surface area (TPSA) is 81.9 Å². The molecule has 3 rings (SSSR count). The maximum atomic E-state index is 11.8. The molecule has 122 valence electrons. The molecule has 1 aromatic carbocycles. The van der Waals surface area contributed by atoms with Gasteiger partial charge in [0.15, 0.2) is 12.4 Å². The minimum atomic E-state index is -0.191. The lowest BCUT2D eigenvalue weighted by Gasteiger charge is -2.07. The summed E-state index contributed by atoms with van der Waals surface area (Å²) in [6.07, 6.45) is 4.21. The Labute approximate surface area is 139 Å². The van der Waals surface area contributed by atoms with Crippen molar-refractivity contribution < 1.29 is 9.53 Å². The van der Waals surface area contributed by atoms with Crippen LogP contribution in [0, 0.1) is 0 Å². The fourth-order valence-corrected chi connectivity index (χ4v) is 2.10. The number of rotatable bonds is 7. The summed E-state index contributed by atoms with van der Waals surface area (Å²) in [5.74, 6) is 0.688. The van der Waals surface area contributed by atoms with Crippen LogP contribution in [0.3, 0.4) is 0 Å². The lowest BCUT2D eigenvalue weighted by molar-refractivity contribution is -0.123. The molecule has 0 saturated heterocycles. The smallest absolute Gasteiger partial charge is 0.258 e. The number of carbonyl (C=O) groups is 1. The molecule has 1 N–H and O–H groups in total. The molecular formula is C17H17N5O2. The van der Waals surface area contributed by atoms with Gasteiger partial charge in [-0.1, -0.05) is 30.3 Å². The first-order valence-electron chi connectivity index (χ1n) is 7.58. The van der Waals surface area contributed by atoms with E-state index in [1.165, 1.54) is 5.56 Å². The Kier molecular flexibility index (Phi) is 5.14. The van der Waals surface area contributed by atoms with Crippen LogP contribution in [0.15, 0.2) is 60.9 Å². The van der Waals surface area contributed by atoms with Crippen LogP contribution in [0.1, 0.15) is 5.56 Å². The second-order valence-corrected chi connectivity index (χ2v) is 5.05. The van der Waals surface area contributed by atoms with Crippen molar-refractivity contribution in [1.82, 2.24) is 25.3 Å². The van der Waals surface area contributed by atoms with Gasteiger partial charge in [0.05, 0.1) is 0 Å². The van der Waals surface area contributed by atoms with Crippen LogP contribution in [0.4, 0.5) is 0 Å².